The Hall–Kier alpha value is -1.23. The third kappa shape index (κ3) is 2.47. The fraction of sp³-hybridized carbons (Fsp3) is 0.273. The van der Waals surface area contributed by atoms with Crippen LogP contribution in [0.2, 0.25) is 0 Å². The van der Waals surface area contributed by atoms with Crippen molar-refractivity contribution < 1.29 is 19.1 Å². The largest absolute Gasteiger partial charge is 0.478 e. The number of aromatic carboxylic acids is 1. The van der Waals surface area contributed by atoms with Crippen molar-refractivity contribution in [2.24, 2.45) is 5.92 Å². The van der Waals surface area contributed by atoms with Gasteiger partial charge in [0.2, 0.25) is 0 Å². The first-order valence-corrected chi connectivity index (χ1v) is 5.40. The Morgan fingerprint density at radius 3 is 2.38 bits per heavy atom. The molecule has 0 spiro atoms. The van der Waals surface area contributed by atoms with Crippen molar-refractivity contribution in [3.05, 3.63) is 33.5 Å². The molecule has 3 nitrogen and oxygen atoms in total. The fourth-order valence-corrected chi connectivity index (χ4v) is 1.73. The van der Waals surface area contributed by atoms with Crippen LogP contribution in [0.5, 0.6) is 0 Å². The van der Waals surface area contributed by atoms with Gasteiger partial charge in [0, 0.05) is 16.0 Å². The Bertz CT molecular complexity index is 455. The van der Waals surface area contributed by atoms with Gasteiger partial charge in [-0.1, -0.05) is 29.8 Å². The second-order valence-electron chi connectivity index (χ2n) is 3.63. The van der Waals surface area contributed by atoms with Gasteiger partial charge in [-0.25, -0.2) is 9.18 Å². The zero-order valence-corrected chi connectivity index (χ0v) is 10.3. The molecule has 0 aliphatic rings. The molecule has 16 heavy (non-hydrogen) atoms. The van der Waals surface area contributed by atoms with Gasteiger partial charge in [-0.15, -0.1) is 0 Å². The summed E-state index contributed by atoms with van der Waals surface area (Å²) in [4.78, 5) is 22.6. The molecule has 1 rings (SSSR count). The number of carboxylic acids is 1. The third-order valence-corrected chi connectivity index (χ3v) is 2.52. The number of hydrogen-bond acceptors (Lipinski definition) is 2. The highest BCUT2D eigenvalue weighted by Gasteiger charge is 2.23. The fourth-order valence-electron chi connectivity index (χ4n) is 1.30. The van der Waals surface area contributed by atoms with E-state index < -0.39 is 23.1 Å². The highest BCUT2D eigenvalue weighted by molar-refractivity contribution is 9.10. The number of Topliss-reactive ketones (excluding diaryl/α,β-unsaturated/α-hetero) is 1. The Balaban J connectivity index is 3.47. The van der Waals surface area contributed by atoms with Crippen LogP contribution >= 0.6 is 15.9 Å². The van der Waals surface area contributed by atoms with Crippen molar-refractivity contribution in [2.75, 3.05) is 0 Å². The average molecular weight is 289 g/mol. The molecule has 1 N–H and O–H groups in total. The molecule has 0 unspecified atom stereocenters. The molecular formula is C11H10BrFO3. The maximum absolute atomic E-state index is 13.4. The number of hydrogen-bond donors (Lipinski definition) is 1. The summed E-state index contributed by atoms with van der Waals surface area (Å²) in [7, 11) is 0. The number of ketones is 1. The van der Waals surface area contributed by atoms with E-state index in [1.807, 2.05) is 0 Å². The first-order chi connectivity index (χ1) is 7.34. The molecule has 0 heterocycles. The molecule has 0 aromatic heterocycles. The molecule has 0 aliphatic carbocycles. The van der Waals surface area contributed by atoms with E-state index in [1.54, 1.807) is 13.8 Å². The van der Waals surface area contributed by atoms with Crippen molar-refractivity contribution in [3.8, 4) is 0 Å². The van der Waals surface area contributed by atoms with Crippen LogP contribution in [-0.4, -0.2) is 16.9 Å². The lowest BCUT2D eigenvalue weighted by atomic mass is 9.96. The normalized spacial score (nSPS) is 10.6. The van der Waals surface area contributed by atoms with Gasteiger partial charge in [-0.3, -0.25) is 4.79 Å². The van der Waals surface area contributed by atoms with E-state index in [1.165, 1.54) is 6.07 Å². The lowest BCUT2D eigenvalue weighted by Gasteiger charge is -2.09. The number of halogens is 2. The first-order valence-electron chi connectivity index (χ1n) is 4.61. The predicted octanol–water partition coefficient (Wildman–Crippen LogP) is 3.13. The van der Waals surface area contributed by atoms with Crippen molar-refractivity contribution in [2.45, 2.75) is 13.8 Å². The van der Waals surface area contributed by atoms with Gasteiger partial charge in [0.1, 0.15) is 11.4 Å². The van der Waals surface area contributed by atoms with Crippen LogP contribution in [0.25, 0.3) is 0 Å². The van der Waals surface area contributed by atoms with Crippen LogP contribution in [-0.2, 0) is 0 Å². The molecule has 86 valence electrons. The van der Waals surface area contributed by atoms with E-state index >= 15 is 0 Å². The van der Waals surface area contributed by atoms with Gasteiger partial charge in [0.25, 0.3) is 0 Å². The van der Waals surface area contributed by atoms with Gasteiger partial charge in [-0.05, 0) is 12.1 Å². The standard InChI is InChI=1S/C11H10BrFO3/c1-5(2)10(14)7-3-6(12)4-8(13)9(7)11(15)16/h3-5H,1-2H3,(H,15,16). The van der Waals surface area contributed by atoms with Crippen LogP contribution in [0.4, 0.5) is 4.39 Å². The molecule has 0 fully saturated rings. The number of carbonyl (C=O) groups excluding carboxylic acids is 1. The monoisotopic (exact) mass is 288 g/mol. The SMILES string of the molecule is CC(C)C(=O)c1cc(Br)cc(F)c1C(=O)O. The van der Waals surface area contributed by atoms with Gasteiger partial charge >= 0.3 is 5.97 Å². The minimum atomic E-state index is -1.44. The molecule has 1 aromatic rings. The van der Waals surface area contributed by atoms with Crippen molar-refractivity contribution in [1.29, 1.82) is 0 Å². The molecule has 0 atom stereocenters. The lowest BCUT2D eigenvalue weighted by Crippen LogP contribution is -2.15. The van der Waals surface area contributed by atoms with Gasteiger partial charge in [0.05, 0.1) is 0 Å². The summed E-state index contributed by atoms with van der Waals surface area (Å²) >= 11 is 3.03. The summed E-state index contributed by atoms with van der Waals surface area (Å²) in [6.45, 7) is 3.26. The van der Waals surface area contributed by atoms with E-state index in [4.69, 9.17) is 5.11 Å². The lowest BCUT2D eigenvalue weighted by molar-refractivity contribution is 0.0685. The highest BCUT2D eigenvalue weighted by Crippen LogP contribution is 2.23. The Morgan fingerprint density at radius 2 is 1.94 bits per heavy atom. The molecule has 0 bridgehead atoms. The molecule has 5 heteroatoms. The topological polar surface area (TPSA) is 54.4 Å². The maximum atomic E-state index is 13.4. The van der Waals surface area contributed by atoms with E-state index in [0.29, 0.717) is 4.47 Å². The maximum Gasteiger partial charge on any atom is 0.339 e. The van der Waals surface area contributed by atoms with Crippen LogP contribution in [0.3, 0.4) is 0 Å². The molecule has 0 aliphatic heterocycles. The summed E-state index contributed by atoms with van der Waals surface area (Å²) in [5.74, 6) is -3.12. The average Bonchev–Trinajstić information content (AvgIpc) is 2.14. The molecule has 0 radical (unpaired) electrons. The summed E-state index contributed by atoms with van der Waals surface area (Å²) in [5, 5.41) is 8.86. The van der Waals surface area contributed by atoms with E-state index in [0.717, 1.165) is 6.07 Å². The minimum Gasteiger partial charge on any atom is -0.478 e. The number of benzene rings is 1. The summed E-state index contributed by atoms with van der Waals surface area (Å²) < 4.78 is 13.8. The molecule has 0 amide bonds. The van der Waals surface area contributed by atoms with Crippen LogP contribution in [0, 0.1) is 11.7 Å². The van der Waals surface area contributed by atoms with Gasteiger partial charge in [-0.2, -0.15) is 0 Å². The molecule has 0 saturated heterocycles. The number of rotatable bonds is 3. The van der Waals surface area contributed by atoms with Crippen LogP contribution in [0.15, 0.2) is 16.6 Å². The van der Waals surface area contributed by atoms with Crippen molar-refractivity contribution >= 4 is 27.7 Å². The summed E-state index contributed by atoms with van der Waals surface area (Å²) in [5.41, 5.74) is -0.670. The Labute approximate surface area is 100 Å². The number of carboxylic acid groups (broad SMARTS) is 1. The number of carbonyl (C=O) groups is 2. The van der Waals surface area contributed by atoms with Gasteiger partial charge in [0.15, 0.2) is 5.78 Å². The highest BCUT2D eigenvalue weighted by atomic mass is 79.9. The first kappa shape index (κ1) is 12.8. The second-order valence-corrected chi connectivity index (χ2v) is 4.55. The molecule has 1 aromatic carbocycles. The van der Waals surface area contributed by atoms with E-state index in [-0.39, 0.29) is 11.5 Å². The van der Waals surface area contributed by atoms with E-state index in [9.17, 15) is 14.0 Å². The second kappa shape index (κ2) is 4.74. The third-order valence-electron chi connectivity index (χ3n) is 2.06. The summed E-state index contributed by atoms with van der Waals surface area (Å²) in [6, 6.07) is 2.36. The Morgan fingerprint density at radius 1 is 1.38 bits per heavy atom. The molecule has 0 saturated carbocycles. The quantitative estimate of drug-likeness (QED) is 0.870. The Kier molecular flexibility index (Phi) is 3.80. The van der Waals surface area contributed by atoms with Crippen LogP contribution < -0.4 is 0 Å². The minimum absolute atomic E-state index is 0.102. The van der Waals surface area contributed by atoms with E-state index in [2.05, 4.69) is 15.9 Å². The summed E-state index contributed by atoms with van der Waals surface area (Å²) in [6.07, 6.45) is 0. The van der Waals surface area contributed by atoms with Crippen molar-refractivity contribution in [1.82, 2.24) is 0 Å². The zero-order valence-electron chi connectivity index (χ0n) is 8.75. The molecular weight excluding hydrogens is 279 g/mol. The van der Waals surface area contributed by atoms with Crippen LogP contribution in [0.1, 0.15) is 34.6 Å². The zero-order chi connectivity index (χ0) is 12.5. The van der Waals surface area contributed by atoms with Crippen molar-refractivity contribution in [3.63, 3.8) is 0 Å². The smallest absolute Gasteiger partial charge is 0.339 e. The van der Waals surface area contributed by atoms with Gasteiger partial charge < -0.3 is 5.11 Å². The predicted molar refractivity (Wildman–Crippen MR) is 60.2 cm³/mol.